The highest BCUT2D eigenvalue weighted by Crippen LogP contribution is 2.38. The van der Waals surface area contributed by atoms with Crippen molar-refractivity contribution < 1.29 is 19.4 Å². The number of carbonyl (C=O) groups is 2. The zero-order valence-electron chi connectivity index (χ0n) is 15.6. The molecule has 2 aromatic rings. The summed E-state index contributed by atoms with van der Waals surface area (Å²) < 4.78 is 7.49. The summed E-state index contributed by atoms with van der Waals surface area (Å²) >= 11 is 0. The van der Waals surface area contributed by atoms with Gasteiger partial charge in [-0.3, -0.25) is 19.1 Å². The predicted octanol–water partition coefficient (Wildman–Crippen LogP) is 3.52. The fraction of sp³-hybridized carbons (Fsp3) is 0.450. The number of nitrogens with zero attached hydrogens (tertiary/aromatic N) is 2. The first kappa shape index (κ1) is 18.9. The van der Waals surface area contributed by atoms with Crippen molar-refractivity contribution in [2.75, 3.05) is 18.6 Å². The number of aldehydes is 1. The molecular formula is C20H24N2O5. The lowest BCUT2D eigenvalue weighted by Crippen LogP contribution is -2.33. The number of aromatic nitrogens is 1. The second-order valence-electron chi connectivity index (χ2n) is 6.98. The van der Waals surface area contributed by atoms with E-state index in [9.17, 15) is 19.5 Å². The van der Waals surface area contributed by atoms with E-state index < -0.39 is 6.09 Å². The van der Waals surface area contributed by atoms with E-state index in [1.807, 2.05) is 6.92 Å². The predicted molar refractivity (Wildman–Crippen MR) is 103 cm³/mol. The largest absolute Gasteiger partial charge is 0.489 e. The molecule has 1 aliphatic carbocycles. The third-order valence-electron chi connectivity index (χ3n) is 4.85. The summed E-state index contributed by atoms with van der Waals surface area (Å²) in [5, 5.41) is 10.5. The number of benzene rings is 1. The van der Waals surface area contributed by atoms with Gasteiger partial charge < -0.3 is 9.84 Å². The van der Waals surface area contributed by atoms with Gasteiger partial charge in [0.15, 0.2) is 11.6 Å². The Hall–Kier alpha value is -2.83. The van der Waals surface area contributed by atoms with Crippen LogP contribution >= 0.6 is 0 Å². The van der Waals surface area contributed by atoms with Crippen LogP contribution in [0.15, 0.2) is 23.0 Å². The van der Waals surface area contributed by atoms with Crippen LogP contribution in [-0.2, 0) is 6.54 Å². The van der Waals surface area contributed by atoms with Crippen molar-refractivity contribution in [1.29, 1.82) is 0 Å². The van der Waals surface area contributed by atoms with E-state index in [-0.39, 0.29) is 11.4 Å². The Labute approximate surface area is 157 Å². The van der Waals surface area contributed by atoms with Gasteiger partial charge in [-0.2, -0.15) is 0 Å². The first-order chi connectivity index (χ1) is 13.0. The van der Waals surface area contributed by atoms with Gasteiger partial charge in [0.25, 0.3) is 5.56 Å². The van der Waals surface area contributed by atoms with Crippen LogP contribution in [0.2, 0.25) is 0 Å². The molecule has 1 amide bonds. The average molecular weight is 372 g/mol. The molecule has 1 aromatic carbocycles. The molecule has 0 atom stereocenters. The monoisotopic (exact) mass is 372 g/mol. The van der Waals surface area contributed by atoms with Gasteiger partial charge in [0, 0.05) is 24.5 Å². The number of ether oxygens (including phenoxy) is 1. The van der Waals surface area contributed by atoms with Crippen molar-refractivity contribution in [3.63, 3.8) is 0 Å². The highest BCUT2D eigenvalue weighted by atomic mass is 16.5. The Morgan fingerprint density at radius 1 is 1.37 bits per heavy atom. The highest BCUT2D eigenvalue weighted by molar-refractivity contribution is 5.98. The number of unbranched alkanes of at least 4 members (excludes halogenated alkanes) is 1. The van der Waals surface area contributed by atoms with E-state index in [4.69, 9.17) is 4.74 Å². The number of rotatable bonds is 8. The van der Waals surface area contributed by atoms with Crippen LogP contribution < -0.4 is 15.2 Å². The maximum Gasteiger partial charge on any atom is 0.412 e. The summed E-state index contributed by atoms with van der Waals surface area (Å²) in [7, 11) is 1.41. The molecule has 1 N–H and O–H groups in total. The lowest BCUT2D eigenvalue weighted by molar-refractivity contribution is 0.112. The molecule has 0 saturated heterocycles. The quantitative estimate of drug-likeness (QED) is 0.566. The minimum atomic E-state index is -1.18. The third kappa shape index (κ3) is 3.82. The molecule has 1 aromatic heterocycles. The number of carboxylic acid groups (broad SMARTS) is 1. The first-order valence-corrected chi connectivity index (χ1v) is 9.23. The second kappa shape index (κ2) is 7.82. The SMILES string of the molecule is CCCCOc1c(N(C)C(=O)O)n(CC2CC2)c(=O)c2ccc(C=O)cc12. The molecule has 1 fully saturated rings. The number of amides is 1. The van der Waals surface area contributed by atoms with Gasteiger partial charge in [0.05, 0.1) is 12.0 Å². The number of carbonyl (C=O) groups excluding carboxylic acids is 1. The van der Waals surface area contributed by atoms with Crippen LogP contribution in [0.1, 0.15) is 43.0 Å². The highest BCUT2D eigenvalue weighted by Gasteiger charge is 2.29. The molecule has 0 spiro atoms. The molecule has 7 heteroatoms. The van der Waals surface area contributed by atoms with Gasteiger partial charge in [-0.25, -0.2) is 4.79 Å². The number of hydrogen-bond donors (Lipinski definition) is 1. The van der Waals surface area contributed by atoms with E-state index in [2.05, 4.69) is 0 Å². The van der Waals surface area contributed by atoms with Crippen LogP contribution in [0.3, 0.4) is 0 Å². The molecular weight excluding hydrogens is 348 g/mol. The Morgan fingerprint density at radius 3 is 2.70 bits per heavy atom. The van der Waals surface area contributed by atoms with E-state index in [0.717, 1.165) is 30.6 Å². The maximum atomic E-state index is 13.1. The van der Waals surface area contributed by atoms with Crippen molar-refractivity contribution in [3.8, 4) is 5.75 Å². The fourth-order valence-corrected chi connectivity index (χ4v) is 3.11. The van der Waals surface area contributed by atoms with Gasteiger partial charge in [-0.1, -0.05) is 19.4 Å². The molecule has 7 nitrogen and oxygen atoms in total. The zero-order valence-corrected chi connectivity index (χ0v) is 15.6. The molecule has 0 bridgehead atoms. The van der Waals surface area contributed by atoms with Crippen LogP contribution in [-0.4, -0.2) is 35.7 Å². The van der Waals surface area contributed by atoms with Gasteiger partial charge >= 0.3 is 6.09 Å². The minimum absolute atomic E-state index is 0.228. The van der Waals surface area contributed by atoms with Crippen LogP contribution in [0.4, 0.5) is 10.6 Å². The lowest BCUT2D eigenvalue weighted by Gasteiger charge is -2.24. The van der Waals surface area contributed by atoms with E-state index >= 15 is 0 Å². The van der Waals surface area contributed by atoms with Gasteiger partial charge in [0.2, 0.25) is 0 Å². The van der Waals surface area contributed by atoms with Crippen molar-refractivity contribution >= 4 is 29.0 Å². The maximum absolute atomic E-state index is 13.1. The summed E-state index contributed by atoms with van der Waals surface area (Å²) in [6.45, 7) is 2.89. The van der Waals surface area contributed by atoms with Crippen LogP contribution in [0.25, 0.3) is 10.8 Å². The van der Waals surface area contributed by atoms with E-state index in [1.165, 1.54) is 11.6 Å². The topological polar surface area (TPSA) is 88.8 Å². The smallest absolute Gasteiger partial charge is 0.412 e. The Balaban J connectivity index is 2.30. The van der Waals surface area contributed by atoms with Gasteiger partial charge in [-0.15, -0.1) is 0 Å². The molecule has 1 heterocycles. The molecule has 1 saturated carbocycles. The molecule has 0 aliphatic heterocycles. The summed E-state index contributed by atoms with van der Waals surface area (Å²) in [5.41, 5.74) is 0.145. The Kier molecular flexibility index (Phi) is 5.48. The van der Waals surface area contributed by atoms with Crippen LogP contribution in [0, 0.1) is 5.92 Å². The average Bonchev–Trinajstić information content (AvgIpc) is 3.48. The zero-order chi connectivity index (χ0) is 19.6. The molecule has 27 heavy (non-hydrogen) atoms. The standard InChI is InChI=1S/C20H24N2O5/c1-3-4-9-27-17-16-10-14(12-23)7-8-15(16)19(24)22(11-13-5-6-13)18(17)21(2)20(25)26/h7-8,10,12-13H,3-6,9,11H2,1-2H3,(H,25,26). The van der Waals surface area contributed by atoms with Crippen molar-refractivity contribution in [1.82, 2.24) is 4.57 Å². The minimum Gasteiger partial charge on any atom is -0.489 e. The normalized spacial score (nSPS) is 13.6. The van der Waals surface area contributed by atoms with Crippen molar-refractivity contribution in [3.05, 3.63) is 34.1 Å². The third-order valence-corrected chi connectivity index (χ3v) is 4.85. The molecule has 144 valence electrons. The van der Waals surface area contributed by atoms with Crippen molar-refractivity contribution in [2.24, 2.45) is 5.92 Å². The summed E-state index contributed by atoms with van der Waals surface area (Å²) in [6.07, 6.45) is 3.29. The van der Waals surface area contributed by atoms with Gasteiger partial charge in [0.1, 0.15) is 6.29 Å². The number of anilines is 1. The van der Waals surface area contributed by atoms with Gasteiger partial charge in [-0.05, 0) is 37.3 Å². The summed E-state index contributed by atoms with van der Waals surface area (Å²) in [5.74, 6) is 0.942. The fourth-order valence-electron chi connectivity index (χ4n) is 3.11. The first-order valence-electron chi connectivity index (χ1n) is 9.23. The lowest BCUT2D eigenvalue weighted by atomic mass is 10.1. The molecule has 0 radical (unpaired) electrons. The summed E-state index contributed by atoms with van der Waals surface area (Å²) in [4.78, 5) is 37.1. The van der Waals surface area contributed by atoms with E-state index in [0.29, 0.717) is 47.4 Å². The molecule has 0 unspecified atom stereocenters. The molecule has 3 rings (SSSR count). The summed E-state index contributed by atoms with van der Waals surface area (Å²) in [6, 6.07) is 4.79. The van der Waals surface area contributed by atoms with Crippen molar-refractivity contribution in [2.45, 2.75) is 39.2 Å². The van der Waals surface area contributed by atoms with Crippen LogP contribution in [0.5, 0.6) is 5.75 Å². The Morgan fingerprint density at radius 2 is 2.11 bits per heavy atom. The Bertz CT molecular complexity index is 930. The van der Waals surface area contributed by atoms with E-state index in [1.54, 1.807) is 18.2 Å². The second-order valence-corrected chi connectivity index (χ2v) is 6.98. The number of pyridine rings is 1. The number of fused-ring (bicyclic) bond motifs is 1. The molecule has 1 aliphatic rings. The number of hydrogen-bond acceptors (Lipinski definition) is 4.